The molecule has 0 spiro atoms. The molecular weight excluding hydrogens is 435 g/mol. The molecule has 3 rings (SSSR count). The number of hydrogen-bond acceptors (Lipinski definition) is 4. The van der Waals surface area contributed by atoms with E-state index in [2.05, 4.69) is 17.2 Å². The third kappa shape index (κ3) is 5.76. The largest absolute Gasteiger partial charge is 0.357 e. The summed E-state index contributed by atoms with van der Waals surface area (Å²) in [5, 5.41) is 2.57. The van der Waals surface area contributed by atoms with Crippen molar-refractivity contribution in [1.82, 2.24) is 10.2 Å². The van der Waals surface area contributed by atoms with E-state index in [9.17, 15) is 23.6 Å². The van der Waals surface area contributed by atoms with Crippen molar-refractivity contribution in [2.24, 2.45) is 0 Å². The number of nitrogens with zero attached hydrogens (tertiary/aromatic N) is 1. The van der Waals surface area contributed by atoms with Crippen LogP contribution in [0, 0.1) is 17.7 Å². The van der Waals surface area contributed by atoms with E-state index in [0.29, 0.717) is 24.7 Å². The van der Waals surface area contributed by atoms with E-state index in [1.54, 1.807) is 18.2 Å². The Bertz CT molecular complexity index is 1150. The number of aldehydes is 2. The van der Waals surface area contributed by atoms with E-state index in [0.717, 1.165) is 35.8 Å². The molecule has 1 atom stereocenters. The first-order chi connectivity index (χ1) is 16.5. The van der Waals surface area contributed by atoms with Gasteiger partial charge < -0.3 is 15.0 Å². The number of carbonyl (C=O) groups excluding carboxylic acids is 4. The van der Waals surface area contributed by atoms with Crippen molar-refractivity contribution in [2.45, 2.75) is 51.1 Å². The van der Waals surface area contributed by atoms with Crippen LogP contribution in [0.4, 0.5) is 4.39 Å². The van der Waals surface area contributed by atoms with Gasteiger partial charge in [-0.25, -0.2) is 4.39 Å². The van der Waals surface area contributed by atoms with Crippen LogP contribution in [-0.2, 0) is 22.6 Å². The fraction of sp³-hybridized carbons (Fsp3) is 0.333. The van der Waals surface area contributed by atoms with Crippen molar-refractivity contribution in [3.63, 3.8) is 0 Å². The molecule has 2 aromatic carbocycles. The Balaban J connectivity index is 1.61. The molecule has 1 unspecified atom stereocenters. The zero-order chi connectivity index (χ0) is 24.5. The van der Waals surface area contributed by atoms with E-state index in [1.807, 2.05) is 6.07 Å². The molecule has 176 valence electrons. The van der Waals surface area contributed by atoms with Crippen LogP contribution in [0.2, 0.25) is 0 Å². The van der Waals surface area contributed by atoms with Gasteiger partial charge in [0.1, 0.15) is 18.1 Å². The van der Waals surface area contributed by atoms with E-state index in [-0.39, 0.29) is 36.8 Å². The maximum absolute atomic E-state index is 13.7. The summed E-state index contributed by atoms with van der Waals surface area (Å²) >= 11 is 0. The standard InChI is InChI=1S/C27H27FN2O4/c1-29-26(33)25(12-7-15-31)30-17-23-20(10-6-11-22(23)27(30)34)9-5-3-2-4-8-19-13-14-21(18-32)24(28)16-19/h6,10-11,13-16,18,25H,2-4,7-8,12,17H2,1H3,(H,29,33). The lowest BCUT2D eigenvalue weighted by molar-refractivity contribution is -0.125. The minimum Gasteiger partial charge on any atom is -0.357 e. The number of amides is 2. The number of unbranched alkanes of at least 4 members (excludes halogenated alkanes) is 2. The van der Waals surface area contributed by atoms with Gasteiger partial charge >= 0.3 is 0 Å². The molecule has 2 amide bonds. The zero-order valence-corrected chi connectivity index (χ0v) is 19.1. The molecule has 0 fully saturated rings. The third-order valence-electron chi connectivity index (χ3n) is 5.91. The van der Waals surface area contributed by atoms with Crippen LogP contribution in [0.3, 0.4) is 0 Å². The summed E-state index contributed by atoms with van der Waals surface area (Å²) in [4.78, 5) is 48.3. The molecular formula is C27H27FN2O4. The third-order valence-corrected chi connectivity index (χ3v) is 5.91. The molecule has 7 heteroatoms. The molecule has 6 nitrogen and oxygen atoms in total. The molecule has 1 aliphatic rings. The number of carbonyl (C=O) groups is 4. The first-order valence-electron chi connectivity index (χ1n) is 11.3. The summed E-state index contributed by atoms with van der Waals surface area (Å²) in [6, 6.07) is 9.32. The lowest BCUT2D eigenvalue weighted by atomic mass is 10.0. The quantitative estimate of drug-likeness (QED) is 0.333. The van der Waals surface area contributed by atoms with Gasteiger partial charge in [0.2, 0.25) is 5.91 Å². The number of hydrogen-bond donors (Lipinski definition) is 1. The number of likely N-dealkylation sites (N-methyl/N-ethyl adjacent to an activating group) is 1. The highest BCUT2D eigenvalue weighted by molar-refractivity contribution is 6.01. The van der Waals surface area contributed by atoms with Gasteiger partial charge in [0, 0.05) is 37.6 Å². The van der Waals surface area contributed by atoms with Crippen LogP contribution >= 0.6 is 0 Å². The molecule has 0 aliphatic carbocycles. The molecule has 0 aromatic heterocycles. The summed E-state index contributed by atoms with van der Waals surface area (Å²) in [7, 11) is 1.51. The van der Waals surface area contributed by atoms with Crippen LogP contribution in [0.1, 0.15) is 69.5 Å². The van der Waals surface area contributed by atoms with Gasteiger partial charge in [0.15, 0.2) is 6.29 Å². The Kier molecular flexibility index (Phi) is 8.69. The second-order valence-electron chi connectivity index (χ2n) is 8.12. The predicted molar refractivity (Wildman–Crippen MR) is 126 cm³/mol. The van der Waals surface area contributed by atoms with Gasteiger partial charge in [0.25, 0.3) is 5.91 Å². The second-order valence-corrected chi connectivity index (χ2v) is 8.12. The van der Waals surface area contributed by atoms with Gasteiger partial charge in [-0.05, 0) is 61.1 Å². The Hall–Kier alpha value is -3.79. The van der Waals surface area contributed by atoms with Gasteiger partial charge in [-0.1, -0.05) is 24.0 Å². The van der Waals surface area contributed by atoms with Crippen molar-refractivity contribution < 1.29 is 23.6 Å². The number of rotatable bonds is 10. The topological polar surface area (TPSA) is 83.6 Å². The average Bonchev–Trinajstić information content (AvgIpc) is 3.18. The van der Waals surface area contributed by atoms with E-state index < -0.39 is 11.9 Å². The molecule has 1 heterocycles. The van der Waals surface area contributed by atoms with E-state index in [4.69, 9.17) is 0 Å². The summed E-state index contributed by atoms with van der Waals surface area (Å²) < 4.78 is 13.7. The van der Waals surface area contributed by atoms with Gasteiger partial charge in [-0.3, -0.25) is 14.4 Å². The number of fused-ring (bicyclic) bond motifs is 1. The Morgan fingerprint density at radius 1 is 1.24 bits per heavy atom. The fourth-order valence-corrected chi connectivity index (χ4v) is 4.07. The second kappa shape index (κ2) is 11.9. The van der Waals surface area contributed by atoms with Crippen LogP contribution in [0.5, 0.6) is 0 Å². The summed E-state index contributed by atoms with van der Waals surface area (Å²) in [5.41, 5.74) is 2.99. The summed E-state index contributed by atoms with van der Waals surface area (Å²) in [5.74, 6) is 5.27. The van der Waals surface area contributed by atoms with Crippen molar-refractivity contribution in [1.29, 1.82) is 0 Å². The molecule has 1 aliphatic heterocycles. The highest BCUT2D eigenvalue weighted by atomic mass is 19.1. The molecule has 0 saturated heterocycles. The summed E-state index contributed by atoms with van der Waals surface area (Å²) in [6.07, 6.45) is 4.72. The van der Waals surface area contributed by atoms with Gasteiger partial charge in [0.05, 0.1) is 5.56 Å². The SMILES string of the molecule is CNC(=O)C(CCC=O)N1Cc2c(C#CCCCCc3ccc(C=O)c(F)c3)cccc2C1=O. The number of aryl methyl sites for hydroxylation is 1. The van der Waals surface area contributed by atoms with Crippen LogP contribution in [-0.4, -0.2) is 42.4 Å². The minimum absolute atomic E-state index is 0.0624. The lowest BCUT2D eigenvalue weighted by Gasteiger charge is -2.25. The first kappa shape index (κ1) is 24.8. The Morgan fingerprint density at radius 2 is 2.06 bits per heavy atom. The minimum atomic E-state index is -0.707. The molecule has 1 N–H and O–H groups in total. The maximum Gasteiger partial charge on any atom is 0.255 e. The van der Waals surface area contributed by atoms with Crippen molar-refractivity contribution in [2.75, 3.05) is 7.05 Å². The fourth-order valence-electron chi connectivity index (χ4n) is 4.07. The molecule has 0 saturated carbocycles. The van der Waals surface area contributed by atoms with E-state index >= 15 is 0 Å². The van der Waals surface area contributed by atoms with Crippen molar-refractivity contribution in [3.8, 4) is 11.8 Å². The summed E-state index contributed by atoms with van der Waals surface area (Å²) in [6.45, 7) is 0.276. The van der Waals surface area contributed by atoms with Crippen LogP contribution in [0.15, 0.2) is 36.4 Å². The average molecular weight is 463 g/mol. The molecule has 34 heavy (non-hydrogen) atoms. The first-order valence-corrected chi connectivity index (χ1v) is 11.3. The zero-order valence-electron chi connectivity index (χ0n) is 19.1. The number of halogens is 1. The van der Waals surface area contributed by atoms with Gasteiger partial charge in [-0.2, -0.15) is 0 Å². The number of benzene rings is 2. The number of nitrogens with one attached hydrogen (secondary N) is 1. The molecule has 0 radical (unpaired) electrons. The molecule has 0 bridgehead atoms. The van der Waals surface area contributed by atoms with Crippen LogP contribution < -0.4 is 5.32 Å². The smallest absolute Gasteiger partial charge is 0.255 e. The van der Waals surface area contributed by atoms with Gasteiger partial charge in [-0.15, -0.1) is 0 Å². The maximum atomic E-state index is 13.7. The van der Waals surface area contributed by atoms with Crippen molar-refractivity contribution >= 4 is 24.4 Å². The van der Waals surface area contributed by atoms with Crippen LogP contribution in [0.25, 0.3) is 0 Å². The monoisotopic (exact) mass is 462 g/mol. The van der Waals surface area contributed by atoms with E-state index in [1.165, 1.54) is 24.1 Å². The lowest BCUT2D eigenvalue weighted by Crippen LogP contribution is -2.46. The Labute approximate surface area is 198 Å². The Morgan fingerprint density at radius 3 is 2.76 bits per heavy atom. The molecule has 2 aromatic rings. The normalized spacial score (nSPS) is 13.0. The highest BCUT2D eigenvalue weighted by Gasteiger charge is 2.36. The van der Waals surface area contributed by atoms with Crippen molar-refractivity contribution in [3.05, 3.63) is 70.0 Å². The predicted octanol–water partition coefficient (Wildman–Crippen LogP) is 3.45. The highest BCUT2D eigenvalue weighted by Crippen LogP contribution is 2.28.